The number of anilines is 2. The van der Waals surface area contributed by atoms with E-state index < -0.39 is 6.61 Å². The van der Waals surface area contributed by atoms with Crippen LogP contribution in [0.3, 0.4) is 0 Å². The van der Waals surface area contributed by atoms with E-state index in [9.17, 15) is 13.6 Å². The molecule has 184 valence electrons. The zero-order chi connectivity index (χ0) is 24.6. The second-order valence-electron chi connectivity index (χ2n) is 8.56. The smallest absolute Gasteiger partial charge is 0.387 e. The normalized spacial score (nSPS) is 19.1. The lowest BCUT2D eigenvalue weighted by molar-refractivity contribution is -0.152. The lowest BCUT2D eigenvalue weighted by atomic mass is 9.99. The first kappa shape index (κ1) is 23.4. The number of carbonyl (C=O) groups is 1. The molecule has 0 unspecified atom stereocenters. The van der Waals surface area contributed by atoms with Gasteiger partial charge in [-0.2, -0.15) is 8.78 Å². The van der Waals surface area contributed by atoms with E-state index in [1.807, 2.05) is 6.92 Å². The quantitative estimate of drug-likeness (QED) is 0.403. The van der Waals surface area contributed by atoms with Crippen molar-refractivity contribution in [2.24, 2.45) is 0 Å². The number of amides is 1. The standard InChI is InChI=1S/C24H23ClF2N4O4/c1-24(7-10-34-24)12-33-17-11-28-8-5-13(17)19-20(18-15(30-19)6-9-29-22(18)32)31-16-4-2-3-14(25)21(16)35-23(26)27/h2-5,8,11,23,30-31H,6-7,9-10,12H2,1H3,(H,29,32)/t24-/m0/s1. The van der Waals surface area contributed by atoms with Crippen molar-refractivity contribution in [3.05, 3.63) is 52.9 Å². The predicted octanol–water partition coefficient (Wildman–Crippen LogP) is 4.92. The van der Waals surface area contributed by atoms with Crippen LogP contribution < -0.4 is 20.1 Å². The Balaban J connectivity index is 1.59. The molecule has 35 heavy (non-hydrogen) atoms. The van der Waals surface area contributed by atoms with Crippen molar-refractivity contribution in [1.82, 2.24) is 15.3 Å². The molecule has 1 fully saturated rings. The first-order valence-electron chi connectivity index (χ1n) is 11.1. The van der Waals surface area contributed by atoms with Crippen LogP contribution in [0.25, 0.3) is 11.3 Å². The molecule has 1 atom stereocenters. The summed E-state index contributed by atoms with van der Waals surface area (Å²) in [7, 11) is 0. The topological polar surface area (TPSA) is 97.5 Å². The predicted molar refractivity (Wildman–Crippen MR) is 126 cm³/mol. The lowest BCUT2D eigenvalue weighted by Crippen LogP contribution is -2.45. The summed E-state index contributed by atoms with van der Waals surface area (Å²) in [6, 6.07) is 6.35. The highest BCUT2D eigenvalue weighted by atomic mass is 35.5. The molecular weight excluding hydrogens is 482 g/mol. The fourth-order valence-electron chi connectivity index (χ4n) is 4.15. The van der Waals surface area contributed by atoms with Gasteiger partial charge >= 0.3 is 6.61 Å². The summed E-state index contributed by atoms with van der Waals surface area (Å²) < 4.78 is 42.6. The fourth-order valence-corrected chi connectivity index (χ4v) is 4.37. The van der Waals surface area contributed by atoms with Crippen molar-refractivity contribution in [1.29, 1.82) is 0 Å². The molecule has 4 heterocycles. The van der Waals surface area contributed by atoms with Gasteiger partial charge in [-0.3, -0.25) is 9.78 Å². The second kappa shape index (κ2) is 9.35. The first-order chi connectivity index (χ1) is 16.8. The molecule has 0 saturated carbocycles. The number of hydrogen-bond donors (Lipinski definition) is 3. The summed E-state index contributed by atoms with van der Waals surface area (Å²) in [6.07, 6.45) is 4.65. The maximum Gasteiger partial charge on any atom is 0.387 e. The third-order valence-electron chi connectivity index (χ3n) is 6.07. The first-order valence-corrected chi connectivity index (χ1v) is 11.5. The average Bonchev–Trinajstić information content (AvgIpc) is 3.18. The SMILES string of the molecule is C[C@@]1(COc2cnccc2-c2[nH]c3c(c2Nc2cccc(Cl)c2OC(F)F)C(=O)NCC3)CCO1. The van der Waals surface area contributed by atoms with Crippen LogP contribution in [0, 0.1) is 0 Å². The molecule has 2 aromatic heterocycles. The van der Waals surface area contributed by atoms with E-state index in [0.717, 1.165) is 6.42 Å². The van der Waals surface area contributed by atoms with E-state index >= 15 is 0 Å². The van der Waals surface area contributed by atoms with E-state index in [-0.39, 0.29) is 28.0 Å². The van der Waals surface area contributed by atoms with Crippen molar-refractivity contribution in [2.75, 3.05) is 25.1 Å². The van der Waals surface area contributed by atoms with Crippen molar-refractivity contribution < 1.29 is 27.8 Å². The van der Waals surface area contributed by atoms with Crippen LogP contribution in [0.2, 0.25) is 5.02 Å². The summed E-state index contributed by atoms with van der Waals surface area (Å²) >= 11 is 6.15. The van der Waals surface area contributed by atoms with E-state index in [2.05, 4.69) is 25.3 Å². The molecular formula is C24H23ClF2N4O4. The summed E-state index contributed by atoms with van der Waals surface area (Å²) in [6.45, 7) is 0.386. The summed E-state index contributed by atoms with van der Waals surface area (Å²) in [4.78, 5) is 20.4. The Labute approximate surface area is 204 Å². The number of rotatable bonds is 8. The van der Waals surface area contributed by atoms with Gasteiger partial charge in [-0.1, -0.05) is 17.7 Å². The molecule has 2 aliphatic heterocycles. The van der Waals surface area contributed by atoms with E-state index in [4.69, 9.17) is 21.1 Å². The third-order valence-corrected chi connectivity index (χ3v) is 6.36. The molecule has 1 aromatic carbocycles. The van der Waals surface area contributed by atoms with Crippen LogP contribution in [0.5, 0.6) is 11.5 Å². The number of nitrogens with zero attached hydrogens (tertiary/aromatic N) is 1. The molecule has 2 aliphatic rings. The van der Waals surface area contributed by atoms with Crippen LogP contribution in [-0.2, 0) is 11.2 Å². The largest absolute Gasteiger partial charge is 0.488 e. The van der Waals surface area contributed by atoms with Crippen molar-refractivity contribution >= 4 is 28.9 Å². The van der Waals surface area contributed by atoms with Gasteiger partial charge in [0, 0.05) is 36.8 Å². The molecule has 3 N–H and O–H groups in total. The number of H-pyrrole nitrogens is 1. The van der Waals surface area contributed by atoms with Gasteiger partial charge in [-0.15, -0.1) is 0 Å². The number of alkyl halides is 2. The Bertz CT molecular complexity index is 1260. The number of nitrogens with one attached hydrogen (secondary N) is 3. The van der Waals surface area contributed by atoms with Crippen LogP contribution in [0.4, 0.5) is 20.2 Å². The zero-order valence-corrected chi connectivity index (χ0v) is 19.5. The van der Waals surface area contributed by atoms with Crippen molar-refractivity contribution in [2.45, 2.75) is 32.0 Å². The maximum atomic E-state index is 13.1. The zero-order valence-electron chi connectivity index (χ0n) is 18.8. The number of fused-ring (bicyclic) bond motifs is 1. The highest BCUT2D eigenvalue weighted by Crippen LogP contribution is 2.43. The number of ether oxygens (including phenoxy) is 3. The van der Waals surface area contributed by atoms with Crippen molar-refractivity contribution in [3.63, 3.8) is 0 Å². The van der Waals surface area contributed by atoms with Gasteiger partial charge in [0.1, 0.15) is 18.0 Å². The van der Waals surface area contributed by atoms with Crippen molar-refractivity contribution in [3.8, 4) is 22.8 Å². The number of halogens is 3. The summed E-state index contributed by atoms with van der Waals surface area (Å²) in [5.74, 6) is -0.0227. The van der Waals surface area contributed by atoms with Gasteiger partial charge in [-0.05, 0) is 25.1 Å². The van der Waals surface area contributed by atoms with E-state index in [1.165, 1.54) is 6.07 Å². The number of benzene rings is 1. The number of pyridine rings is 1. The minimum atomic E-state index is -3.08. The number of carbonyl (C=O) groups excluding carboxylic acids is 1. The molecule has 11 heteroatoms. The van der Waals surface area contributed by atoms with E-state index in [0.29, 0.717) is 60.1 Å². The molecule has 3 aromatic rings. The number of para-hydroxylation sites is 1. The monoisotopic (exact) mass is 504 g/mol. The van der Waals surface area contributed by atoms with Crippen LogP contribution in [-0.4, -0.2) is 47.8 Å². The Morgan fingerprint density at radius 1 is 1.34 bits per heavy atom. The third kappa shape index (κ3) is 4.63. The van der Waals surface area contributed by atoms with E-state index in [1.54, 1.807) is 30.6 Å². The number of aromatic amines is 1. The molecule has 5 rings (SSSR count). The molecule has 0 radical (unpaired) electrons. The van der Waals surface area contributed by atoms with Gasteiger partial charge in [0.15, 0.2) is 5.75 Å². The molecule has 8 nitrogen and oxygen atoms in total. The highest BCUT2D eigenvalue weighted by molar-refractivity contribution is 6.32. The molecule has 1 saturated heterocycles. The van der Waals surface area contributed by atoms with Gasteiger partial charge in [0.2, 0.25) is 0 Å². The Morgan fingerprint density at radius 3 is 2.91 bits per heavy atom. The van der Waals surface area contributed by atoms with Crippen LogP contribution >= 0.6 is 11.6 Å². The van der Waals surface area contributed by atoms with Gasteiger partial charge < -0.3 is 29.8 Å². The van der Waals surface area contributed by atoms with Gasteiger partial charge in [0.25, 0.3) is 5.91 Å². The Kier molecular flexibility index (Phi) is 6.24. The Hall–Kier alpha value is -3.37. The molecule has 0 aliphatic carbocycles. The molecule has 1 amide bonds. The molecule has 0 spiro atoms. The average molecular weight is 505 g/mol. The lowest BCUT2D eigenvalue weighted by Gasteiger charge is -2.38. The van der Waals surface area contributed by atoms with Crippen LogP contribution in [0.15, 0.2) is 36.7 Å². The number of aromatic nitrogens is 2. The second-order valence-corrected chi connectivity index (χ2v) is 8.97. The summed E-state index contributed by atoms with van der Waals surface area (Å²) in [5, 5.41) is 5.94. The highest BCUT2D eigenvalue weighted by Gasteiger charge is 2.35. The molecule has 0 bridgehead atoms. The summed E-state index contributed by atoms with van der Waals surface area (Å²) in [5.41, 5.74) is 2.49. The fraction of sp³-hybridized carbons (Fsp3) is 0.333. The van der Waals surface area contributed by atoms with Gasteiger partial charge in [0.05, 0.1) is 40.5 Å². The minimum Gasteiger partial charge on any atom is -0.488 e. The van der Waals surface area contributed by atoms with Crippen LogP contribution in [0.1, 0.15) is 29.4 Å². The minimum absolute atomic E-state index is 0.00683. The number of hydrogen-bond acceptors (Lipinski definition) is 6. The van der Waals surface area contributed by atoms with Gasteiger partial charge in [-0.25, -0.2) is 0 Å². The maximum absolute atomic E-state index is 13.1. The Morgan fingerprint density at radius 2 is 2.17 bits per heavy atom.